The number of anilines is 2. The minimum atomic E-state index is 0.0257. The zero-order valence-electron chi connectivity index (χ0n) is 10.5. The lowest BCUT2D eigenvalue weighted by Gasteiger charge is -2.08. The lowest BCUT2D eigenvalue weighted by atomic mass is 10.2. The lowest BCUT2D eigenvalue weighted by molar-refractivity contribution is 0.282. The van der Waals surface area contributed by atoms with Crippen LogP contribution in [0.25, 0.3) is 10.9 Å². The first kappa shape index (κ1) is 11.7. The highest BCUT2D eigenvalue weighted by Crippen LogP contribution is 2.25. The quantitative estimate of drug-likeness (QED) is 0.671. The van der Waals surface area contributed by atoms with Crippen molar-refractivity contribution in [1.82, 2.24) is 15.2 Å². The summed E-state index contributed by atoms with van der Waals surface area (Å²) in [7, 11) is 0. The first-order chi connectivity index (χ1) is 9.28. The van der Waals surface area contributed by atoms with Crippen molar-refractivity contribution in [1.29, 1.82) is 0 Å². The Balaban J connectivity index is 2.03. The molecule has 0 radical (unpaired) electrons. The minimum absolute atomic E-state index is 0.0257. The molecule has 0 amide bonds. The van der Waals surface area contributed by atoms with E-state index in [0.29, 0.717) is 0 Å². The highest BCUT2D eigenvalue weighted by Gasteiger charge is 2.08. The number of pyridine rings is 1. The van der Waals surface area contributed by atoms with E-state index in [1.54, 1.807) is 6.20 Å². The van der Waals surface area contributed by atoms with Crippen LogP contribution < -0.4 is 5.32 Å². The van der Waals surface area contributed by atoms with E-state index in [9.17, 15) is 0 Å². The first-order valence-electron chi connectivity index (χ1n) is 6.04. The average molecular weight is 254 g/mol. The van der Waals surface area contributed by atoms with Crippen LogP contribution in [0.2, 0.25) is 0 Å². The van der Waals surface area contributed by atoms with E-state index in [2.05, 4.69) is 20.5 Å². The number of aryl methyl sites for hydroxylation is 1. The van der Waals surface area contributed by atoms with E-state index in [1.807, 2.05) is 37.3 Å². The van der Waals surface area contributed by atoms with Gasteiger partial charge in [0.1, 0.15) is 5.82 Å². The molecule has 96 valence electrons. The summed E-state index contributed by atoms with van der Waals surface area (Å²) in [5.74, 6) is 0.763. The number of aliphatic hydroxyl groups is 1. The van der Waals surface area contributed by atoms with Gasteiger partial charge in [-0.3, -0.25) is 5.10 Å². The van der Waals surface area contributed by atoms with Crippen molar-refractivity contribution in [3.05, 3.63) is 47.8 Å². The van der Waals surface area contributed by atoms with E-state index in [1.165, 1.54) is 0 Å². The summed E-state index contributed by atoms with van der Waals surface area (Å²) in [6.45, 7) is 1.97. The number of H-pyrrole nitrogens is 1. The van der Waals surface area contributed by atoms with Gasteiger partial charge >= 0.3 is 0 Å². The standard InChI is InChI=1S/C14H14N4O/c1-9-13-12(18-17-9)5-6-15-14(13)16-11-4-2-3-10(7-11)8-19/h2-7,19H,8H2,1H3,(H,15,16)(H,17,18). The fourth-order valence-electron chi connectivity index (χ4n) is 2.10. The van der Waals surface area contributed by atoms with Crippen molar-refractivity contribution in [2.45, 2.75) is 13.5 Å². The smallest absolute Gasteiger partial charge is 0.141 e. The average Bonchev–Trinajstić information content (AvgIpc) is 2.82. The molecule has 0 bridgehead atoms. The van der Waals surface area contributed by atoms with Gasteiger partial charge in [0.15, 0.2) is 0 Å². The maximum absolute atomic E-state index is 9.15. The Morgan fingerprint density at radius 2 is 2.21 bits per heavy atom. The van der Waals surface area contributed by atoms with Gasteiger partial charge in [-0.2, -0.15) is 5.10 Å². The van der Waals surface area contributed by atoms with Crippen LogP contribution in [-0.4, -0.2) is 20.3 Å². The molecule has 2 heterocycles. The Morgan fingerprint density at radius 1 is 1.32 bits per heavy atom. The SMILES string of the molecule is Cc1n[nH]c2ccnc(Nc3cccc(CO)c3)c12. The maximum Gasteiger partial charge on any atom is 0.141 e. The second-order valence-electron chi connectivity index (χ2n) is 4.37. The molecule has 2 aromatic heterocycles. The van der Waals surface area contributed by atoms with Crippen LogP contribution in [0.5, 0.6) is 0 Å². The third-order valence-corrected chi connectivity index (χ3v) is 3.03. The molecule has 0 saturated heterocycles. The van der Waals surface area contributed by atoms with Crippen LogP contribution in [0.1, 0.15) is 11.3 Å². The molecule has 0 aliphatic carbocycles. The van der Waals surface area contributed by atoms with Crippen LogP contribution in [0.15, 0.2) is 36.5 Å². The molecule has 0 fully saturated rings. The number of benzene rings is 1. The number of nitrogens with zero attached hydrogens (tertiary/aromatic N) is 2. The topological polar surface area (TPSA) is 73.8 Å². The van der Waals surface area contributed by atoms with Gasteiger partial charge in [-0.15, -0.1) is 0 Å². The van der Waals surface area contributed by atoms with Crippen LogP contribution in [0.3, 0.4) is 0 Å². The second kappa shape index (κ2) is 4.70. The van der Waals surface area contributed by atoms with Gasteiger partial charge < -0.3 is 10.4 Å². The summed E-state index contributed by atoms with van der Waals surface area (Å²) in [5.41, 5.74) is 3.62. The number of nitrogens with one attached hydrogen (secondary N) is 2. The predicted molar refractivity (Wildman–Crippen MR) is 74.3 cm³/mol. The molecule has 3 N–H and O–H groups in total. The molecule has 1 aromatic carbocycles. The Morgan fingerprint density at radius 3 is 3.05 bits per heavy atom. The summed E-state index contributed by atoms with van der Waals surface area (Å²) in [6, 6.07) is 9.51. The summed E-state index contributed by atoms with van der Waals surface area (Å²) in [5, 5.41) is 20.6. The molecular formula is C14H14N4O. The van der Waals surface area contributed by atoms with Gasteiger partial charge in [-0.1, -0.05) is 12.1 Å². The fourth-order valence-corrected chi connectivity index (χ4v) is 2.10. The zero-order valence-corrected chi connectivity index (χ0v) is 10.5. The molecule has 0 atom stereocenters. The van der Waals surface area contributed by atoms with Crippen molar-refractivity contribution in [2.75, 3.05) is 5.32 Å². The van der Waals surface area contributed by atoms with Gasteiger partial charge in [0, 0.05) is 11.9 Å². The number of hydrogen-bond donors (Lipinski definition) is 3. The molecule has 5 heteroatoms. The summed E-state index contributed by atoms with van der Waals surface area (Å²) < 4.78 is 0. The third-order valence-electron chi connectivity index (χ3n) is 3.03. The lowest BCUT2D eigenvalue weighted by Crippen LogP contribution is -1.95. The summed E-state index contributed by atoms with van der Waals surface area (Å²) >= 11 is 0. The molecule has 0 saturated carbocycles. The van der Waals surface area contributed by atoms with E-state index >= 15 is 0 Å². The Kier molecular flexibility index (Phi) is 2.89. The highest BCUT2D eigenvalue weighted by molar-refractivity contribution is 5.92. The van der Waals surface area contributed by atoms with Crippen LogP contribution in [0, 0.1) is 6.92 Å². The van der Waals surface area contributed by atoms with E-state index in [0.717, 1.165) is 33.7 Å². The fraction of sp³-hybridized carbons (Fsp3) is 0.143. The molecule has 3 aromatic rings. The normalized spacial score (nSPS) is 10.8. The van der Waals surface area contributed by atoms with Crippen LogP contribution in [0.4, 0.5) is 11.5 Å². The van der Waals surface area contributed by atoms with Crippen molar-refractivity contribution in [2.24, 2.45) is 0 Å². The van der Waals surface area contributed by atoms with Crippen molar-refractivity contribution in [3.8, 4) is 0 Å². The van der Waals surface area contributed by atoms with Crippen molar-refractivity contribution in [3.63, 3.8) is 0 Å². The van der Waals surface area contributed by atoms with Crippen LogP contribution in [-0.2, 0) is 6.61 Å². The number of aliphatic hydroxyl groups excluding tert-OH is 1. The molecule has 0 spiro atoms. The van der Waals surface area contributed by atoms with Gasteiger partial charge in [-0.25, -0.2) is 4.98 Å². The second-order valence-corrected chi connectivity index (χ2v) is 4.37. The molecule has 0 unspecified atom stereocenters. The molecule has 5 nitrogen and oxygen atoms in total. The van der Waals surface area contributed by atoms with Gasteiger partial charge in [-0.05, 0) is 30.7 Å². The van der Waals surface area contributed by atoms with E-state index in [-0.39, 0.29) is 6.61 Å². The van der Waals surface area contributed by atoms with Gasteiger partial charge in [0.05, 0.1) is 23.2 Å². The first-order valence-corrected chi connectivity index (χ1v) is 6.04. The predicted octanol–water partition coefficient (Wildman–Crippen LogP) is 2.50. The molecular weight excluding hydrogens is 240 g/mol. The molecule has 19 heavy (non-hydrogen) atoms. The third kappa shape index (κ3) is 2.15. The summed E-state index contributed by atoms with van der Waals surface area (Å²) in [6.07, 6.45) is 1.73. The Bertz CT molecular complexity index is 720. The molecule has 0 aliphatic rings. The van der Waals surface area contributed by atoms with Crippen LogP contribution >= 0.6 is 0 Å². The van der Waals surface area contributed by atoms with E-state index in [4.69, 9.17) is 5.11 Å². The Hall–Kier alpha value is -2.40. The maximum atomic E-state index is 9.15. The number of hydrogen-bond acceptors (Lipinski definition) is 4. The number of rotatable bonds is 3. The van der Waals surface area contributed by atoms with E-state index < -0.39 is 0 Å². The Labute approximate surface area is 110 Å². The summed E-state index contributed by atoms with van der Waals surface area (Å²) in [4.78, 5) is 4.36. The van der Waals surface area contributed by atoms with Gasteiger partial charge in [0.25, 0.3) is 0 Å². The number of aromatic nitrogens is 3. The monoisotopic (exact) mass is 254 g/mol. The number of aromatic amines is 1. The molecule has 3 rings (SSSR count). The highest BCUT2D eigenvalue weighted by atomic mass is 16.3. The largest absolute Gasteiger partial charge is 0.392 e. The van der Waals surface area contributed by atoms with Crippen molar-refractivity contribution < 1.29 is 5.11 Å². The van der Waals surface area contributed by atoms with Gasteiger partial charge in [0.2, 0.25) is 0 Å². The molecule has 0 aliphatic heterocycles. The zero-order chi connectivity index (χ0) is 13.2. The van der Waals surface area contributed by atoms with Crippen molar-refractivity contribution >= 4 is 22.4 Å². The minimum Gasteiger partial charge on any atom is -0.392 e. The number of fused-ring (bicyclic) bond motifs is 1.